The summed E-state index contributed by atoms with van der Waals surface area (Å²) in [7, 11) is 0. The minimum absolute atomic E-state index is 0.0112. The Kier molecular flexibility index (Phi) is 4.97. The van der Waals surface area contributed by atoms with Crippen LogP contribution in [-0.2, 0) is 11.2 Å². The van der Waals surface area contributed by atoms with Gasteiger partial charge in [0.15, 0.2) is 5.96 Å². The van der Waals surface area contributed by atoms with Crippen LogP contribution in [0.3, 0.4) is 0 Å². The van der Waals surface area contributed by atoms with E-state index >= 15 is 0 Å². The van der Waals surface area contributed by atoms with Crippen LogP contribution in [0.5, 0.6) is 0 Å². The maximum Gasteiger partial charge on any atom is 0.231 e. The zero-order chi connectivity index (χ0) is 12.8. The SMILES string of the molecule is CC(C)NC(=N)NC(=O)Cc1ccccc1Cl. The van der Waals surface area contributed by atoms with Gasteiger partial charge in [0.25, 0.3) is 0 Å². The third kappa shape index (κ3) is 4.87. The summed E-state index contributed by atoms with van der Waals surface area (Å²) in [6.45, 7) is 3.80. The lowest BCUT2D eigenvalue weighted by molar-refractivity contribution is -0.119. The average Bonchev–Trinajstić information content (AvgIpc) is 2.19. The van der Waals surface area contributed by atoms with Crippen molar-refractivity contribution in [1.29, 1.82) is 5.41 Å². The van der Waals surface area contributed by atoms with Crippen molar-refractivity contribution in [2.75, 3.05) is 0 Å². The van der Waals surface area contributed by atoms with Crippen LogP contribution < -0.4 is 10.6 Å². The van der Waals surface area contributed by atoms with Crippen molar-refractivity contribution in [3.63, 3.8) is 0 Å². The van der Waals surface area contributed by atoms with E-state index in [9.17, 15) is 4.79 Å². The minimum atomic E-state index is -0.253. The molecule has 0 bridgehead atoms. The average molecular weight is 254 g/mol. The summed E-state index contributed by atoms with van der Waals surface area (Å²) in [6, 6.07) is 7.28. The van der Waals surface area contributed by atoms with Gasteiger partial charge in [-0.2, -0.15) is 0 Å². The Morgan fingerprint density at radius 3 is 2.65 bits per heavy atom. The fourth-order valence-corrected chi connectivity index (χ4v) is 1.53. The Morgan fingerprint density at radius 2 is 2.06 bits per heavy atom. The molecule has 5 heteroatoms. The zero-order valence-electron chi connectivity index (χ0n) is 9.88. The quantitative estimate of drug-likeness (QED) is 0.569. The van der Waals surface area contributed by atoms with Gasteiger partial charge < -0.3 is 5.32 Å². The molecule has 1 rings (SSSR count). The summed E-state index contributed by atoms with van der Waals surface area (Å²) in [5.74, 6) is -0.242. The van der Waals surface area contributed by atoms with E-state index in [4.69, 9.17) is 17.0 Å². The van der Waals surface area contributed by atoms with E-state index in [1.165, 1.54) is 0 Å². The van der Waals surface area contributed by atoms with Gasteiger partial charge in [-0.05, 0) is 25.5 Å². The topological polar surface area (TPSA) is 65.0 Å². The van der Waals surface area contributed by atoms with Gasteiger partial charge in [-0.15, -0.1) is 0 Å². The lowest BCUT2D eigenvalue weighted by Gasteiger charge is -2.12. The maximum absolute atomic E-state index is 11.6. The van der Waals surface area contributed by atoms with Crippen LogP contribution in [-0.4, -0.2) is 17.9 Å². The Labute approximate surface area is 106 Å². The molecule has 1 aromatic rings. The Morgan fingerprint density at radius 1 is 1.41 bits per heavy atom. The van der Waals surface area contributed by atoms with Crippen molar-refractivity contribution < 1.29 is 4.79 Å². The smallest absolute Gasteiger partial charge is 0.231 e. The molecule has 0 saturated carbocycles. The summed E-state index contributed by atoms with van der Waals surface area (Å²) >= 11 is 5.94. The molecule has 0 radical (unpaired) electrons. The molecule has 92 valence electrons. The molecule has 0 aliphatic carbocycles. The highest BCUT2D eigenvalue weighted by molar-refractivity contribution is 6.31. The number of hydrogen-bond acceptors (Lipinski definition) is 2. The van der Waals surface area contributed by atoms with Crippen molar-refractivity contribution >= 4 is 23.5 Å². The van der Waals surface area contributed by atoms with Crippen LogP contribution >= 0.6 is 11.6 Å². The molecule has 0 spiro atoms. The van der Waals surface area contributed by atoms with Gasteiger partial charge in [-0.3, -0.25) is 15.5 Å². The number of halogens is 1. The van der Waals surface area contributed by atoms with E-state index < -0.39 is 0 Å². The van der Waals surface area contributed by atoms with Crippen molar-refractivity contribution in [3.8, 4) is 0 Å². The zero-order valence-corrected chi connectivity index (χ0v) is 10.6. The van der Waals surface area contributed by atoms with E-state index in [1.54, 1.807) is 12.1 Å². The number of hydrogen-bond donors (Lipinski definition) is 3. The van der Waals surface area contributed by atoms with Crippen LogP contribution in [0.2, 0.25) is 5.02 Å². The number of carbonyl (C=O) groups excluding carboxylic acids is 1. The number of guanidine groups is 1. The van der Waals surface area contributed by atoms with Crippen LogP contribution in [0.1, 0.15) is 19.4 Å². The fraction of sp³-hybridized carbons (Fsp3) is 0.333. The minimum Gasteiger partial charge on any atom is -0.354 e. The fourth-order valence-electron chi connectivity index (χ4n) is 1.32. The highest BCUT2D eigenvalue weighted by atomic mass is 35.5. The first kappa shape index (κ1) is 13.5. The van der Waals surface area contributed by atoms with Crippen LogP contribution in [0.25, 0.3) is 0 Å². The normalized spacial score (nSPS) is 10.1. The first-order valence-electron chi connectivity index (χ1n) is 5.37. The van der Waals surface area contributed by atoms with Crippen molar-refractivity contribution in [2.24, 2.45) is 0 Å². The molecule has 0 unspecified atom stereocenters. The van der Waals surface area contributed by atoms with E-state index in [2.05, 4.69) is 10.6 Å². The van der Waals surface area contributed by atoms with E-state index in [1.807, 2.05) is 26.0 Å². The third-order valence-electron chi connectivity index (χ3n) is 2.01. The number of benzene rings is 1. The lowest BCUT2D eigenvalue weighted by Crippen LogP contribution is -2.43. The van der Waals surface area contributed by atoms with Gasteiger partial charge in [0.05, 0.1) is 6.42 Å². The maximum atomic E-state index is 11.6. The Hall–Kier alpha value is -1.55. The lowest BCUT2D eigenvalue weighted by atomic mass is 10.1. The summed E-state index contributed by atoms with van der Waals surface area (Å²) in [5.41, 5.74) is 0.754. The molecule has 0 fully saturated rings. The first-order chi connectivity index (χ1) is 7.99. The molecule has 0 aromatic heterocycles. The molecular formula is C12H16ClN3O. The number of amides is 1. The number of nitrogens with one attached hydrogen (secondary N) is 3. The molecule has 1 aromatic carbocycles. The third-order valence-corrected chi connectivity index (χ3v) is 2.38. The molecule has 1 amide bonds. The summed E-state index contributed by atoms with van der Waals surface area (Å²) < 4.78 is 0. The highest BCUT2D eigenvalue weighted by Gasteiger charge is 2.08. The second-order valence-electron chi connectivity index (χ2n) is 3.99. The summed E-state index contributed by atoms with van der Waals surface area (Å²) in [6.07, 6.45) is 0.168. The predicted octanol–water partition coefficient (Wildman–Crippen LogP) is 1.93. The molecule has 0 aliphatic heterocycles. The van der Waals surface area contributed by atoms with Crippen molar-refractivity contribution in [3.05, 3.63) is 34.9 Å². The van der Waals surface area contributed by atoms with Crippen LogP contribution in [0.15, 0.2) is 24.3 Å². The standard InChI is InChI=1S/C12H16ClN3O/c1-8(2)15-12(14)16-11(17)7-9-5-3-4-6-10(9)13/h3-6,8H,7H2,1-2H3,(H3,14,15,16,17). The number of carbonyl (C=O) groups is 1. The summed E-state index contributed by atoms with van der Waals surface area (Å²) in [4.78, 5) is 11.6. The van der Waals surface area contributed by atoms with Crippen LogP contribution in [0.4, 0.5) is 0 Å². The molecule has 17 heavy (non-hydrogen) atoms. The van der Waals surface area contributed by atoms with Gasteiger partial charge in [0.1, 0.15) is 0 Å². The predicted molar refractivity (Wildman–Crippen MR) is 69.3 cm³/mol. The molecule has 0 aliphatic rings. The molecule has 0 atom stereocenters. The number of rotatable bonds is 3. The van der Waals surface area contributed by atoms with Crippen LogP contribution in [0, 0.1) is 5.41 Å². The Bertz CT molecular complexity index is 418. The summed E-state index contributed by atoms with van der Waals surface area (Å²) in [5, 5.41) is 13.3. The molecule has 0 heterocycles. The highest BCUT2D eigenvalue weighted by Crippen LogP contribution is 2.14. The Balaban J connectivity index is 2.51. The van der Waals surface area contributed by atoms with E-state index in [-0.39, 0.29) is 24.3 Å². The van der Waals surface area contributed by atoms with Gasteiger partial charge in [-0.1, -0.05) is 29.8 Å². The van der Waals surface area contributed by atoms with Crippen molar-refractivity contribution in [1.82, 2.24) is 10.6 Å². The molecular weight excluding hydrogens is 238 g/mol. The monoisotopic (exact) mass is 253 g/mol. The second kappa shape index (κ2) is 6.25. The molecule has 4 nitrogen and oxygen atoms in total. The molecule has 0 saturated heterocycles. The van der Waals surface area contributed by atoms with Crippen molar-refractivity contribution in [2.45, 2.75) is 26.3 Å². The second-order valence-corrected chi connectivity index (χ2v) is 4.40. The van der Waals surface area contributed by atoms with E-state index in [0.29, 0.717) is 5.02 Å². The van der Waals surface area contributed by atoms with Gasteiger partial charge in [0.2, 0.25) is 5.91 Å². The van der Waals surface area contributed by atoms with E-state index in [0.717, 1.165) is 5.56 Å². The van der Waals surface area contributed by atoms with Gasteiger partial charge >= 0.3 is 0 Å². The first-order valence-corrected chi connectivity index (χ1v) is 5.75. The molecule has 3 N–H and O–H groups in total. The van der Waals surface area contributed by atoms with Gasteiger partial charge in [0, 0.05) is 11.1 Å². The largest absolute Gasteiger partial charge is 0.354 e. The van der Waals surface area contributed by atoms with Gasteiger partial charge in [-0.25, -0.2) is 0 Å².